The van der Waals surface area contributed by atoms with E-state index < -0.39 is 5.60 Å². The van der Waals surface area contributed by atoms with Crippen LogP contribution >= 0.6 is 50.9 Å². The van der Waals surface area contributed by atoms with Crippen LogP contribution in [0.3, 0.4) is 0 Å². The lowest BCUT2D eigenvalue weighted by atomic mass is 10.0. The number of carbonyl (C=O) groups is 1. The molecular formula is C17H12BrCl2N3O2S. The van der Waals surface area contributed by atoms with E-state index in [0.717, 1.165) is 14.9 Å². The molecule has 0 bridgehead atoms. The highest BCUT2D eigenvalue weighted by Gasteiger charge is 2.46. The Morgan fingerprint density at radius 1 is 1.38 bits per heavy atom. The first-order valence-electron chi connectivity index (χ1n) is 7.70. The standard InChI is InChI=1S/C17H12BrCl2N3O2S/c1-17(7-13(20)22-25-17)16(24)23-8-26-12-6-10(18)14(21-15(12)23)9-4-2-3-5-11(9)19/h2-6H,7-8H2,1H3. The average Bonchev–Trinajstić information content (AvgIpc) is 3.17. The lowest BCUT2D eigenvalue weighted by Crippen LogP contribution is -2.46. The summed E-state index contributed by atoms with van der Waals surface area (Å²) in [6.07, 6.45) is 0.248. The molecule has 0 radical (unpaired) electrons. The monoisotopic (exact) mass is 471 g/mol. The van der Waals surface area contributed by atoms with Crippen molar-refractivity contribution in [3.05, 3.63) is 39.8 Å². The molecule has 1 atom stereocenters. The van der Waals surface area contributed by atoms with Gasteiger partial charge in [0.1, 0.15) is 5.17 Å². The minimum Gasteiger partial charge on any atom is -0.378 e. The van der Waals surface area contributed by atoms with Crippen LogP contribution in [0.15, 0.2) is 44.9 Å². The number of oxime groups is 1. The molecule has 134 valence electrons. The summed E-state index contributed by atoms with van der Waals surface area (Å²) in [5.74, 6) is 0.824. The van der Waals surface area contributed by atoms with Crippen molar-refractivity contribution in [2.24, 2.45) is 5.16 Å². The van der Waals surface area contributed by atoms with Gasteiger partial charge in [0.2, 0.25) is 5.60 Å². The highest BCUT2D eigenvalue weighted by Crippen LogP contribution is 2.44. The average molecular weight is 473 g/mol. The Bertz CT molecular complexity index is 956. The zero-order valence-corrected chi connectivity index (χ0v) is 17.4. The van der Waals surface area contributed by atoms with Gasteiger partial charge in [-0.25, -0.2) is 4.98 Å². The first-order chi connectivity index (χ1) is 12.4. The van der Waals surface area contributed by atoms with Gasteiger partial charge in [0.25, 0.3) is 5.91 Å². The third-order valence-electron chi connectivity index (χ3n) is 4.18. The first-order valence-corrected chi connectivity index (χ1v) is 10.2. The summed E-state index contributed by atoms with van der Waals surface area (Å²) in [6, 6.07) is 9.42. The molecule has 2 aromatic rings. The molecule has 2 aliphatic heterocycles. The van der Waals surface area contributed by atoms with E-state index in [-0.39, 0.29) is 17.5 Å². The molecule has 1 aromatic heterocycles. The van der Waals surface area contributed by atoms with Crippen LogP contribution in [-0.4, -0.2) is 27.5 Å². The lowest BCUT2D eigenvalue weighted by Gasteiger charge is -2.26. The minimum atomic E-state index is -1.11. The van der Waals surface area contributed by atoms with Gasteiger partial charge in [-0.05, 0) is 35.0 Å². The van der Waals surface area contributed by atoms with Gasteiger partial charge in [0.05, 0.1) is 22.9 Å². The lowest BCUT2D eigenvalue weighted by molar-refractivity contribution is -0.138. The van der Waals surface area contributed by atoms with Crippen LogP contribution in [-0.2, 0) is 9.63 Å². The van der Waals surface area contributed by atoms with Crippen molar-refractivity contribution < 1.29 is 9.63 Å². The van der Waals surface area contributed by atoms with Crippen LogP contribution in [0, 0.1) is 0 Å². The molecule has 0 fully saturated rings. The second-order valence-electron chi connectivity index (χ2n) is 6.09. The molecule has 2 aliphatic rings. The van der Waals surface area contributed by atoms with Crippen LogP contribution in [0.25, 0.3) is 11.3 Å². The summed E-state index contributed by atoms with van der Waals surface area (Å²) < 4.78 is 0.820. The van der Waals surface area contributed by atoms with Gasteiger partial charge < -0.3 is 4.84 Å². The number of rotatable bonds is 2. The Hall–Kier alpha value is -1.28. The Kier molecular flexibility index (Phi) is 4.67. The van der Waals surface area contributed by atoms with Gasteiger partial charge in [-0.15, -0.1) is 11.8 Å². The number of thioether (sulfide) groups is 1. The Morgan fingerprint density at radius 2 is 2.15 bits per heavy atom. The van der Waals surface area contributed by atoms with E-state index in [1.54, 1.807) is 11.8 Å². The summed E-state index contributed by atoms with van der Waals surface area (Å²) in [7, 11) is 0. The number of anilines is 1. The van der Waals surface area contributed by atoms with Crippen molar-refractivity contribution in [1.29, 1.82) is 0 Å². The molecule has 0 saturated carbocycles. The fraction of sp³-hybridized carbons (Fsp3) is 0.235. The predicted molar refractivity (Wildman–Crippen MR) is 108 cm³/mol. The van der Waals surface area contributed by atoms with Crippen molar-refractivity contribution in [1.82, 2.24) is 4.98 Å². The van der Waals surface area contributed by atoms with Crippen molar-refractivity contribution >= 4 is 67.8 Å². The van der Waals surface area contributed by atoms with E-state index in [0.29, 0.717) is 22.4 Å². The normalized spacial score (nSPS) is 21.4. The smallest absolute Gasteiger partial charge is 0.276 e. The number of hydrogen-bond acceptors (Lipinski definition) is 5. The van der Waals surface area contributed by atoms with E-state index in [1.165, 1.54) is 11.8 Å². The van der Waals surface area contributed by atoms with Crippen LogP contribution < -0.4 is 4.90 Å². The topological polar surface area (TPSA) is 54.8 Å². The number of benzene rings is 1. The predicted octanol–water partition coefficient (Wildman–Crippen LogP) is 5.29. The van der Waals surface area contributed by atoms with Crippen LogP contribution in [0.5, 0.6) is 0 Å². The zero-order chi connectivity index (χ0) is 18.5. The molecule has 0 N–H and O–H groups in total. The number of nitrogens with zero attached hydrogens (tertiary/aromatic N) is 3. The molecule has 26 heavy (non-hydrogen) atoms. The largest absolute Gasteiger partial charge is 0.378 e. The van der Waals surface area contributed by atoms with Crippen molar-refractivity contribution in [3.8, 4) is 11.3 Å². The molecule has 0 saturated heterocycles. The van der Waals surface area contributed by atoms with Gasteiger partial charge in [0, 0.05) is 15.1 Å². The maximum Gasteiger partial charge on any atom is 0.276 e. The second-order valence-corrected chi connectivity index (χ2v) is 8.78. The number of halogens is 3. The van der Waals surface area contributed by atoms with E-state index in [4.69, 9.17) is 33.0 Å². The van der Waals surface area contributed by atoms with Crippen molar-refractivity contribution in [2.45, 2.75) is 23.8 Å². The maximum absolute atomic E-state index is 13.1. The Labute approximate surface area is 172 Å². The molecule has 5 nitrogen and oxygen atoms in total. The van der Waals surface area contributed by atoms with Gasteiger partial charge in [-0.2, -0.15) is 0 Å². The minimum absolute atomic E-state index is 0.219. The van der Waals surface area contributed by atoms with Gasteiger partial charge >= 0.3 is 0 Å². The summed E-state index contributed by atoms with van der Waals surface area (Å²) in [5.41, 5.74) is 0.364. The maximum atomic E-state index is 13.1. The summed E-state index contributed by atoms with van der Waals surface area (Å²) in [5, 5.41) is 4.59. The van der Waals surface area contributed by atoms with Crippen molar-refractivity contribution in [3.63, 3.8) is 0 Å². The van der Waals surface area contributed by atoms with Crippen LogP contribution in [0.4, 0.5) is 5.82 Å². The summed E-state index contributed by atoms with van der Waals surface area (Å²) in [6.45, 7) is 1.69. The van der Waals surface area contributed by atoms with E-state index in [2.05, 4.69) is 21.1 Å². The number of carbonyl (C=O) groups excluding carboxylic acids is 1. The number of fused-ring (bicyclic) bond motifs is 1. The molecule has 4 rings (SSSR count). The third kappa shape index (κ3) is 3.01. The fourth-order valence-corrected chi connectivity index (χ4v) is 5.04. The second kappa shape index (κ2) is 6.71. The number of pyridine rings is 1. The summed E-state index contributed by atoms with van der Waals surface area (Å²) >= 11 is 17.3. The third-order valence-corrected chi connectivity index (χ3v) is 6.32. The Morgan fingerprint density at radius 3 is 2.85 bits per heavy atom. The van der Waals surface area contributed by atoms with Gasteiger partial charge in [0.15, 0.2) is 5.82 Å². The molecular weight excluding hydrogens is 461 g/mol. The number of aromatic nitrogens is 1. The van der Waals surface area contributed by atoms with E-state index in [9.17, 15) is 4.79 Å². The van der Waals surface area contributed by atoms with Crippen molar-refractivity contribution in [2.75, 3.05) is 10.8 Å². The van der Waals surface area contributed by atoms with E-state index >= 15 is 0 Å². The molecule has 1 unspecified atom stereocenters. The first kappa shape index (κ1) is 18.1. The highest BCUT2D eigenvalue weighted by atomic mass is 79.9. The Balaban J connectivity index is 1.74. The van der Waals surface area contributed by atoms with Gasteiger partial charge in [-0.1, -0.05) is 46.6 Å². The SMILES string of the molecule is CC1(C(=O)N2CSc3cc(Br)c(-c4ccccc4Cl)nc32)CC(Cl)=NO1. The zero-order valence-electron chi connectivity index (χ0n) is 13.5. The van der Waals surface area contributed by atoms with Crippen LogP contribution in [0.2, 0.25) is 5.02 Å². The fourth-order valence-electron chi connectivity index (χ4n) is 2.85. The van der Waals surface area contributed by atoms with Crippen LogP contribution in [0.1, 0.15) is 13.3 Å². The quantitative estimate of drug-likeness (QED) is 0.595. The molecule has 1 amide bonds. The molecule has 3 heterocycles. The number of amides is 1. The molecule has 0 spiro atoms. The van der Waals surface area contributed by atoms with Gasteiger partial charge in [-0.3, -0.25) is 9.69 Å². The molecule has 9 heteroatoms. The summed E-state index contributed by atoms with van der Waals surface area (Å²) in [4.78, 5) is 25.6. The molecule has 0 aliphatic carbocycles. The number of hydrogen-bond donors (Lipinski definition) is 0. The van der Waals surface area contributed by atoms with E-state index in [1.807, 2.05) is 30.3 Å². The highest BCUT2D eigenvalue weighted by molar-refractivity contribution is 9.10. The molecule has 1 aromatic carbocycles.